The van der Waals surface area contributed by atoms with Crippen molar-refractivity contribution in [1.29, 1.82) is 0 Å². The number of aromatic hydroxyl groups is 1. The smallest absolute Gasteiger partial charge is 0.121 e. The number of rotatable bonds is 10. The van der Waals surface area contributed by atoms with Crippen molar-refractivity contribution >= 4 is 0 Å². The maximum atomic E-state index is 10.4. The molecule has 3 N–H and O–H groups in total. The number of phenolic OH excluding ortho intramolecular Hbond substituents is 1. The number of hydrogen-bond donors (Lipinski definition) is 3. The molecule has 0 saturated carbocycles. The van der Waals surface area contributed by atoms with Gasteiger partial charge in [0.1, 0.15) is 5.75 Å². The van der Waals surface area contributed by atoms with E-state index in [0.29, 0.717) is 5.75 Å². The summed E-state index contributed by atoms with van der Waals surface area (Å²) >= 11 is 0. The summed E-state index contributed by atoms with van der Waals surface area (Å²) in [6.45, 7) is 8.03. The molecule has 1 aromatic carbocycles. The summed E-state index contributed by atoms with van der Waals surface area (Å²) in [5, 5.41) is 26.4. The molecule has 0 fully saturated rings. The molecule has 0 aromatic heterocycles. The zero-order valence-electron chi connectivity index (χ0n) is 16.1. The van der Waals surface area contributed by atoms with Crippen molar-refractivity contribution in [3.05, 3.63) is 28.8 Å². The highest BCUT2D eigenvalue weighted by Gasteiger charge is 2.09. The number of aryl methyl sites for hydroxylation is 3. The van der Waals surface area contributed by atoms with Crippen LogP contribution in [-0.4, -0.2) is 28.0 Å². The second-order valence-corrected chi connectivity index (χ2v) is 6.60. The third-order valence-corrected chi connectivity index (χ3v) is 4.01. The second kappa shape index (κ2) is 14.3. The summed E-state index contributed by atoms with van der Waals surface area (Å²) in [6.07, 6.45) is 9.79. The molecule has 24 heavy (non-hydrogen) atoms. The Bertz CT molecular complexity index is 398. The van der Waals surface area contributed by atoms with Crippen LogP contribution in [0.25, 0.3) is 0 Å². The predicted octanol–water partition coefficient (Wildman–Crippen LogP) is 4.78. The highest BCUT2D eigenvalue weighted by Crippen LogP contribution is 2.28. The Morgan fingerprint density at radius 3 is 1.54 bits per heavy atom. The molecule has 0 aliphatic rings. The number of hydrogen-bond acceptors (Lipinski definition) is 3. The highest BCUT2D eigenvalue weighted by molar-refractivity contribution is 5.44. The van der Waals surface area contributed by atoms with Crippen molar-refractivity contribution in [2.45, 2.75) is 91.6 Å². The van der Waals surface area contributed by atoms with Crippen LogP contribution >= 0.6 is 0 Å². The van der Waals surface area contributed by atoms with Crippen LogP contribution in [0.2, 0.25) is 0 Å². The summed E-state index contributed by atoms with van der Waals surface area (Å²) in [5.41, 5.74) is 3.75. The van der Waals surface area contributed by atoms with E-state index in [4.69, 9.17) is 10.2 Å². The molecule has 140 valence electrons. The highest BCUT2D eigenvalue weighted by atomic mass is 16.3. The molecule has 3 nitrogen and oxygen atoms in total. The van der Waals surface area contributed by atoms with E-state index in [9.17, 15) is 5.11 Å². The fourth-order valence-electron chi connectivity index (χ4n) is 2.47. The van der Waals surface area contributed by atoms with Crippen LogP contribution in [0.3, 0.4) is 0 Å². The Hall–Kier alpha value is -1.06. The van der Waals surface area contributed by atoms with Crippen molar-refractivity contribution in [3.63, 3.8) is 0 Å². The van der Waals surface area contributed by atoms with E-state index >= 15 is 0 Å². The lowest BCUT2D eigenvalue weighted by molar-refractivity contribution is 0.110. The first-order valence-corrected chi connectivity index (χ1v) is 9.62. The molecule has 1 aromatic rings. The fourth-order valence-corrected chi connectivity index (χ4v) is 2.47. The second-order valence-electron chi connectivity index (χ2n) is 6.60. The van der Waals surface area contributed by atoms with E-state index in [1.165, 1.54) is 49.3 Å². The van der Waals surface area contributed by atoms with Gasteiger partial charge >= 0.3 is 0 Å². The van der Waals surface area contributed by atoms with Crippen LogP contribution in [0.4, 0.5) is 0 Å². The van der Waals surface area contributed by atoms with Crippen molar-refractivity contribution in [1.82, 2.24) is 0 Å². The first-order valence-electron chi connectivity index (χ1n) is 9.62. The molecule has 0 aliphatic carbocycles. The Kier molecular flexibility index (Phi) is 13.7. The molecule has 0 amide bonds. The van der Waals surface area contributed by atoms with Crippen LogP contribution < -0.4 is 0 Å². The van der Waals surface area contributed by atoms with Crippen molar-refractivity contribution in [2.75, 3.05) is 6.61 Å². The lowest BCUT2D eigenvalue weighted by Gasteiger charge is -2.13. The van der Waals surface area contributed by atoms with Gasteiger partial charge in [-0.05, 0) is 62.1 Å². The average Bonchev–Trinajstić information content (AvgIpc) is 2.58. The molecule has 1 rings (SSSR count). The molecule has 3 heteroatoms. The lowest BCUT2D eigenvalue weighted by Crippen LogP contribution is -2.03. The van der Waals surface area contributed by atoms with E-state index in [1.807, 2.05) is 0 Å². The molecule has 0 aliphatic heterocycles. The molecule has 0 saturated heterocycles. The third-order valence-electron chi connectivity index (χ3n) is 4.01. The minimum atomic E-state index is -0.560. The first kappa shape index (κ1) is 22.9. The molecule has 0 spiro atoms. The topological polar surface area (TPSA) is 60.7 Å². The van der Waals surface area contributed by atoms with E-state index < -0.39 is 6.10 Å². The van der Waals surface area contributed by atoms with E-state index in [2.05, 4.69) is 32.9 Å². The summed E-state index contributed by atoms with van der Waals surface area (Å²) in [4.78, 5) is 0. The first-order chi connectivity index (χ1) is 11.5. The number of unbranched alkanes of at least 4 members (excludes halogenated alkanes) is 3. The van der Waals surface area contributed by atoms with Crippen LogP contribution in [0, 0.1) is 0 Å². The van der Waals surface area contributed by atoms with Crippen LogP contribution in [0.1, 0.15) is 82.9 Å². The number of aliphatic hydroxyl groups excluding tert-OH is 2. The number of phenols is 1. The summed E-state index contributed by atoms with van der Waals surface area (Å²) in [6, 6.07) is 4.46. The van der Waals surface area contributed by atoms with E-state index in [0.717, 1.165) is 32.1 Å². The van der Waals surface area contributed by atoms with Gasteiger partial charge < -0.3 is 15.3 Å². The predicted molar refractivity (Wildman–Crippen MR) is 103 cm³/mol. The maximum absolute atomic E-state index is 10.4. The van der Waals surface area contributed by atoms with Crippen molar-refractivity contribution < 1.29 is 15.3 Å². The van der Waals surface area contributed by atoms with Gasteiger partial charge in [0, 0.05) is 0 Å². The summed E-state index contributed by atoms with van der Waals surface area (Å²) in [5.74, 6) is 0.571. The molecule has 0 heterocycles. The maximum Gasteiger partial charge on any atom is 0.121 e. The molecular formula is C21H38O3. The minimum Gasteiger partial charge on any atom is -0.507 e. The summed E-state index contributed by atoms with van der Waals surface area (Å²) < 4.78 is 0. The van der Waals surface area contributed by atoms with Crippen LogP contribution in [0.15, 0.2) is 12.1 Å². The quantitative estimate of drug-likeness (QED) is 0.575. The molecular weight excluding hydrogens is 300 g/mol. The van der Waals surface area contributed by atoms with E-state index in [-0.39, 0.29) is 6.61 Å². The molecule has 1 unspecified atom stereocenters. The Labute approximate surface area is 148 Å². The Morgan fingerprint density at radius 1 is 0.833 bits per heavy atom. The monoisotopic (exact) mass is 338 g/mol. The number of aliphatic hydroxyl groups is 2. The molecule has 1 atom stereocenters. The van der Waals surface area contributed by atoms with Gasteiger partial charge in [0.2, 0.25) is 0 Å². The summed E-state index contributed by atoms with van der Waals surface area (Å²) in [7, 11) is 0. The Morgan fingerprint density at radius 2 is 1.21 bits per heavy atom. The van der Waals surface area contributed by atoms with Crippen LogP contribution in [0.5, 0.6) is 5.75 Å². The van der Waals surface area contributed by atoms with Gasteiger partial charge in [-0.3, -0.25) is 0 Å². The van der Waals surface area contributed by atoms with Gasteiger partial charge in [0.25, 0.3) is 0 Å². The van der Waals surface area contributed by atoms with Gasteiger partial charge in [-0.15, -0.1) is 0 Å². The van der Waals surface area contributed by atoms with Crippen molar-refractivity contribution in [2.24, 2.45) is 0 Å². The molecule has 0 radical (unpaired) electrons. The standard InChI is InChI=1S/C18H30O.C3H8O2/c1-4-7-10-15-13-16(11-8-5-2)18(19)17(14-15)12-9-6-3;1-3(5)2-4/h13-14,19H,4-12H2,1-3H3;3-5H,2H2,1H3. The van der Waals surface area contributed by atoms with Crippen LogP contribution in [-0.2, 0) is 19.3 Å². The van der Waals surface area contributed by atoms with Gasteiger partial charge in [-0.2, -0.15) is 0 Å². The largest absolute Gasteiger partial charge is 0.507 e. The molecule has 0 bridgehead atoms. The SMILES string of the molecule is CC(O)CO.CCCCc1cc(CCCC)c(O)c(CCCC)c1. The zero-order chi connectivity index (χ0) is 18.4. The van der Waals surface area contributed by atoms with Gasteiger partial charge in [-0.25, -0.2) is 0 Å². The van der Waals surface area contributed by atoms with E-state index in [1.54, 1.807) is 0 Å². The van der Waals surface area contributed by atoms with Gasteiger partial charge in [0.05, 0.1) is 12.7 Å². The number of benzene rings is 1. The lowest BCUT2D eigenvalue weighted by atomic mass is 9.95. The average molecular weight is 339 g/mol. The van der Waals surface area contributed by atoms with Gasteiger partial charge in [0.15, 0.2) is 0 Å². The third kappa shape index (κ3) is 9.94. The normalized spacial score (nSPS) is 11.8. The minimum absolute atomic E-state index is 0.139. The van der Waals surface area contributed by atoms with Gasteiger partial charge in [-0.1, -0.05) is 52.2 Å². The van der Waals surface area contributed by atoms with Crippen molar-refractivity contribution in [3.8, 4) is 5.75 Å². The Balaban J connectivity index is 0.000000922. The zero-order valence-corrected chi connectivity index (χ0v) is 16.1. The fraction of sp³-hybridized carbons (Fsp3) is 0.714.